The fraction of sp³-hybridized carbons (Fsp3) is 0.467. The van der Waals surface area contributed by atoms with Crippen molar-refractivity contribution in [1.82, 2.24) is 5.32 Å². The van der Waals surface area contributed by atoms with Crippen molar-refractivity contribution in [3.63, 3.8) is 0 Å². The van der Waals surface area contributed by atoms with E-state index in [9.17, 15) is 9.18 Å². The van der Waals surface area contributed by atoms with Crippen LogP contribution >= 0.6 is 0 Å². The van der Waals surface area contributed by atoms with Gasteiger partial charge in [-0.25, -0.2) is 9.38 Å². The predicted molar refractivity (Wildman–Crippen MR) is 77.2 cm³/mol. The summed E-state index contributed by atoms with van der Waals surface area (Å²) in [6, 6.07) is 5.54. The molecule has 0 fully saturated rings. The Kier molecular flexibility index (Phi) is 6.15. The lowest BCUT2D eigenvalue weighted by molar-refractivity contribution is 0.0966. The van der Waals surface area contributed by atoms with E-state index in [4.69, 9.17) is 4.74 Å². The van der Waals surface area contributed by atoms with E-state index >= 15 is 0 Å². The number of nitrogens with zero attached hydrogens (tertiary/aromatic N) is 1. The standard InChI is InChI=1S/C15H21FN2O2/c1-5-20-15(17-11(4)10(2)3)18-14(19)12-6-8-13(16)9-7-12/h6-11H,5H2,1-4H3,(H,17,18,19)/t11-/m0/s1. The molecule has 0 saturated carbocycles. The molecule has 4 nitrogen and oxygen atoms in total. The van der Waals surface area contributed by atoms with E-state index in [1.165, 1.54) is 24.3 Å². The van der Waals surface area contributed by atoms with Crippen LogP contribution in [0, 0.1) is 11.7 Å². The van der Waals surface area contributed by atoms with Crippen molar-refractivity contribution in [3.05, 3.63) is 35.6 Å². The molecule has 0 unspecified atom stereocenters. The lowest BCUT2D eigenvalue weighted by Crippen LogP contribution is -2.34. The molecule has 0 radical (unpaired) electrons. The van der Waals surface area contributed by atoms with E-state index in [1.807, 2.05) is 27.7 Å². The second-order valence-corrected chi connectivity index (χ2v) is 4.81. The number of halogens is 1. The van der Waals surface area contributed by atoms with E-state index < -0.39 is 0 Å². The third kappa shape index (κ3) is 4.99. The molecule has 1 atom stereocenters. The summed E-state index contributed by atoms with van der Waals surface area (Å²) in [6.45, 7) is 8.26. The summed E-state index contributed by atoms with van der Waals surface area (Å²) >= 11 is 0. The van der Waals surface area contributed by atoms with E-state index in [1.54, 1.807) is 0 Å². The van der Waals surface area contributed by atoms with Gasteiger partial charge in [-0.2, -0.15) is 0 Å². The summed E-state index contributed by atoms with van der Waals surface area (Å²) in [7, 11) is 0. The molecule has 0 aliphatic carbocycles. The van der Waals surface area contributed by atoms with Gasteiger partial charge in [0.15, 0.2) is 0 Å². The van der Waals surface area contributed by atoms with Crippen LogP contribution in [0.3, 0.4) is 0 Å². The zero-order valence-corrected chi connectivity index (χ0v) is 12.3. The van der Waals surface area contributed by atoms with Crippen LogP contribution < -0.4 is 5.32 Å². The second-order valence-electron chi connectivity index (χ2n) is 4.81. The highest BCUT2D eigenvalue weighted by atomic mass is 19.1. The number of hydrogen-bond donors (Lipinski definition) is 1. The third-order valence-electron chi connectivity index (χ3n) is 2.89. The van der Waals surface area contributed by atoms with Crippen LogP contribution in [-0.4, -0.2) is 24.6 Å². The maximum atomic E-state index is 12.8. The molecule has 0 spiro atoms. The minimum Gasteiger partial charge on any atom is -0.465 e. The van der Waals surface area contributed by atoms with Crippen molar-refractivity contribution in [3.8, 4) is 0 Å². The van der Waals surface area contributed by atoms with Gasteiger partial charge in [0.1, 0.15) is 5.82 Å². The molecular weight excluding hydrogens is 259 g/mol. The molecule has 0 aromatic heterocycles. The van der Waals surface area contributed by atoms with Gasteiger partial charge in [-0.15, -0.1) is 0 Å². The molecule has 110 valence electrons. The van der Waals surface area contributed by atoms with Gasteiger partial charge in [0.25, 0.3) is 11.9 Å². The Balaban J connectivity index is 2.79. The molecule has 20 heavy (non-hydrogen) atoms. The first kappa shape index (κ1) is 16.1. The highest BCUT2D eigenvalue weighted by molar-refractivity contribution is 6.04. The molecule has 1 N–H and O–H groups in total. The summed E-state index contributed by atoms with van der Waals surface area (Å²) in [6.07, 6.45) is 0. The zero-order chi connectivity index (χ0) is 15.1. The highest BCUT2D eigenvalue weighted by Gasteiger charge is 2.12. The molecular formula is C15H21FN2O2. The average molecular weight is 280 g/mol. The van der Waals surface area contributed by atoms with E-state index in [0.29, 0.717) is 18.1 Å². The lowest BCUT2D eigenvalue weighted by Gasteiger charge is -2.14. The first-order valence-corrected chi connectivity index (χ1v) is 6.71. The molecule has 1 aromatic rings. The smallest absolute Gasteiger partial charge is 0.291 e. The van der Waals surface area contributed by atoms with Crippen molar-refractivity contribution in [2.75, 3.05) is 6.61 Å². The van der Waals surface area contributed by atoms with Crippen molar-refractivity contribution in [2.45, 2.75) is 33.7 Å². The molecule has 5 heteroatoms. The first-order chi connectivity index (χ1) is 9.43. The number of amides is 1. The van der Waals surface area contributed by atoms with Crippen LogP contribution in [-0.2, 0) is 4.74 Å². The third-order valence-corrected chi connectivity index (χ3v) is 2.89. The monoisotopic (exact) mass is 280 g/mol. The zero-order valence-electron chi connectivity index (χ0n) is 12.3. The SMILES string of the molecule is CCOC(=N[C@@H](C)C(C)C)NC(=O)c1ccc(F)cc1. The van der Waals surface area contributed by atoms with Crippen LogP contribution in [0.15, 0.2) is 29.3 Å². The molecule has 0 saturated heterocycles. The summed E-state index contributed by atoms with van der Waals surface area (Å²) in [5, 5.41) is 2.61. The minimum atomic E-state index is -0.381. The molecule has 0 bridgehead atoms. The number of rotatable bonds is 4. The molecule has 1 aromatic carbocycles. The summed E-state index contributed by atoms with van der Waals surface area (Å²) < 4.78 is 18.1. The fourth-order valence-electron chi connectivity index (χ4n) is 1.35. The number of benzene rings is 1. The van der Waals surface area contributed by atoms with E-state index in [0.717, 1.165) is 0 Å². The van der Waals surface area contributed by atoms with Gasteiger partial charge in [0, 0.05) is 5.56 Å². The Morgan fingerprint density at radius 1 is 1.30 bits per heavy atom. The van der Waals surface area contributed by atoms with E-state index in [2.05, 4.69) is 10.3 Å². The molecule has 0 aliphatic heterocycles. The Labute approximate surface area is 119 Å². The summed E-state index contributed by atoms with van der Waals surface area (Å²) in [5.41, 5.74) is 0.357. The number of amidine groups is 1. The van der Waals surface area contributed by atoms with Crippen molar-refractivity contribution in [2.24, 2.45) is 10.9 Å². The second kappa shape index (κ2) is 7.62. The largest absolute Gasteiger partial charge is 0.465 e. The normalized spacial score (nSPS) is 13.2. The number of nitrogens with one attached hydrogen (secondary N) is 1. The quantitative estimate of drug-likeness (QED) is 0.681. The number of carbonyl (C=O) groups is 1. The minimum absolute atomic E-state index is 0.0325. The maximum absolute atomic E-state index is 12.8. The van der Waals surface area contributed by atoms with Crippen LogP contribution in [0.4, 0.5) is 4.39 Å². The average Bonchev–Trinajstić information content (AvgIpc) is 2.39. The van der Waals surface area contributed by atoms with Crippen LogP contribution in [0.25, 0.3) is 0 Å². The van der Waals surface area contributed by atoms with Crippen molar-refractivity contribution in [1.29, 1.82) is 0 Å². The van der Waals surface area contributed by atoms with Gasteiger partial charge in [-0.3, -0.25) is 10.1 Å². The molecule has 1 amide bonds. The van der Waals surface area contributed by atoms with Gasteiger partial charge >= 0.3 is 0 Å². The number of ether oxygens (including phenoxy) is 1. The topological polar surface area (TPSA) is 50.7 Å². The Morgan fingerprint density at radius 2 is 1.90 bits per heavy atom. The first-order valence-electron chi connectivity index (χ1n) is 6.71. The van der Waals surface area contributed by atoms with Crippen LogP contribution in [0.1, 0.15) is 38.1 Å². The molecule has 0 heterocycles. The number of carbonyl (C=O) groups excluding carboxylic acids is 1. The van der Waals surface area contributed by atoms with Crippen molar-refractivity contribution < 1.29 is 13.9 Å². The molecule has 0 aliphatic rings. The van der Waals surface area contributed by atoms with Crippen molar-refractivity contribution >= 4 is 11.9 Å². The Bertz CT molecular complexity index is 469. The summed E-state index contributed by atoms with van der Waals surface area (Å²) in [4.78, 5) is 16.3. The summed E-state index contributed by atoms with van der Waals surface area (Å²) in [5.74, 6) is -0.407. The maximum Gasteiger partial charge on any atom is 0.291 e. The van der Waals surface area contributed by atoms with Gasteiger partial charge < -0.3 is 4.74 Å². The Morgan fingerprint density at radius 3 is 2.40 bits per heavy atom. The number of aliphatic imine (C=N–C) groups is 1. The van der Waals surface area contributed by atoms with Gasteiger partial charge in [0.2, 0.25) is 0 Å². The number of hydrogen-bond acceptors (Lipinski definition) is 3. The Hall–Kier alpha value is -1.91. The molecule has 1 rings (SSSR count). The highest BCUT2D eigenvalue weighted by Crippen LogP contribution is 2.06. The predicted octanol–water partition coefficient (Wildman–Crippen LogP) is 2.99. The fourth-order valence-corrected chi connectivity index (χ4v) is 1.35. The van der Waals surface area contributed by atoms with Crippen LogP contribution in [0.5, 0.6) is 0 Å². The van der Waals surface area contributed by atoms with Crippen LogP contribution in [0.2, 0.25) is 0 Å². The van der Waals surface area contributed by atoms with E-state index in [-0.39, 0.29) is 23.8 Å². The van der Waals surface area contributed by atoms with Gasteiger partial charge in [-0.1, -0.05) is 13.8 Å². The van der Waals surface area contributed by atoms with Gasteiger partial charge in [-0.05, 0) is 44.0 Å². The lowest BCUT2D eigenvalue weighted by atomic mass is 10.1. The van der Waals surface area contributed by atoms with Gasteiger partial charge in [0.05, 0.1) is 12.6 Å².